The highest BCUT2D eigenvalue weighted by atomic mass is 16.5. The van der Waals surface area contributed by atoms with Gasteiger partial charge < -0.3 is 15.3 Å². The third kappa shape index (κ3) is 3.48. The summed E-state index contributed by atoms with van der Waals surface area (Å²) in [4.78, 5) is 12.5. The lowest BCUT2D eigenvalue weighted by molar-refractivity contribution is -0.265. The van der Waals surface area contributed by atoms with Gasteiger partial charge >= 0.3 is 5.97 Å². The summed E-state index contributed by atoms with van der Waals surface area (Å²) in [5.41, 5.74) is -0.00599. The van der Waals surface area contributed by atoms with Gasteiger partial charge in [-0.1, -0.05) is 30.3 Å². The van der Waals surface area contributed by atoms with Crippen molar-refractivity contribution in [2.75, 3.05) is 7.11 Å². The number of nitrogens with one attached hydrogen (secondary N) is 1. The maximum atomic E-state index is 12.5. The molecule has 0 saturated carbocycles. The zero-order valence-electron chi connectivity index (χ0n) is 15.5. The number of hydroxylamine groups is 2. The summed E-state index contributed by atoms with van der Waals surface area (Å²) in [5.74, 6) is -0.765. The predicted molar refractivity (Wildman–Crippen MR) is 93.7 cm³/mol. The molecule has 2 N–H and O–H groups in total. The molecule has 0 radical (unpaired) electrons. The highest BCUT2D eigenvalue weighted by Gasteiger charge is 2.55. The lowest BCUT2D eigenvalue weighted by atomic mass is 9.70. The Hall–Kier alpha value is -1.43. The fourth-order valence-electron chi connectivity index (χ4n) is 4.04. The molecule has 1 aliphatic heterocycles. The zero-order chi connectivity index (χ0) is 18.1. The monoisotopic (exact) mass is 334 g/mol. The summed E-state index contributed by atoms with van der Waals surface area (Å²) in [6, 6.07) is 10.2. The summed E-state index contributed by atoms with van der Waals surface area (Å²) < 4.78 is 5.04. The van der Waals surface area contributed by atoms with Crippen LogP contribution in [0.15, 0.2) is 30.3 Å². The molecule has 3 unspecified atom stereocenters. The van der Waals surface area contributed by atoms with E-state index in [2.05, 4.69) is 24.4 Å². The predicted octanol–water partition coefficient (Wildman–Crippen LogP) is 3.15. The Bertz CT molecular complexity index is 571. The van der Waals surface area contributed by atoms with Crippen molar-refractivity contribution in [1.29, 1.82) is 0 Å². The number of hydrogen-bond donors (Lipinski definition) is 2. The van der Waals surface area contributed by atoms with E-state index in [4.69, 9.17) is 4.74 Å². The quantitative estimate of drug-likeness (QED) is 0.828. The van der Waals surface area contributed by atoms with E-state index in [1.54, 1.807) is 0 Å². The van der Waals surface area contributed by atoms with Gasteiger partial charge in [0.05, 0.1) is 18.6 Å². The Morgan fingerprint density at radius 1 is 1.29 bits per heavy atom. The van der Waals surface area contributed by atoms with Crippen LogP contribution in [0.25, 0.3) is 0 Å². The molecule has 1 aliphatic rings. The van der Waals surface area contributed by atoms with Crippen molar-refractivity contribution >= 4 is 5.97 Å². The van der Waals surface area contributed by atoms with Crippen LogP contribution in [0.4, 0.5) is 0 Å². The Kier molecular flexibility index (Phi) is 5.37. The van der Waals surface area contributed by atoms with E-state index in [9.17, 15) is 10.0 Å². The van der Waals surface area contributed by atoms with Gasteiger partial charge in [0, 0.05) is 17.6 Å². The van der Waals surface area contributed by atoms with Gasteiger partial charge in [0.25, 0.3) is 0 Å². The Balaban J connectivity index is 2.32. The lowest BCUT2D eigenvalue weighted by Crippen LogP contribution is -2.69. The number of piperidine rings is 1. The molecule has 1 saturated heterocycles. The summed E-state index contributed by atoms with van der Waals surface area (Å²) in [6.45, 7) is 9.85. The summed E-state index contributed by atoms with van der Waals surface area (Å²) in [7, 11) is 1.40. The molecule has 1 aromatic carbocycles. The number of ether oxygens (including phenoxy) is 1. The first-order chi connectivity index (χ1) is 11.1. The van der Waals surface area contributed by atoms with E-state index in [0.717, 1.165) is 0 Å². The first-order valence-electron chi connectivity index (χ1n) is 8.49. The van der Waals surface area contributed by atoms with E-state index in [1.165, 1.54) is 17.7 Å². The number of carbonyl (C=O) groups excluding carboxylic acids is 1. The minimum absolute atomic E-state index is 0.0962. The fourth-order valence-corrected chi connectivity index (χ4v) is 4.04. The molecule has 1 heterocycles. The molecule has 134 valence electrons. The van der Waals surface area contributed by atoms with E-state index in [-0.39, 0.29) is 18.1 Å². The third-order valence-corrected chi connectivity index (χ3v) is 5.22. The first kappa shape index (κ1) is 18.9. The molecule has 1 aromatic rings. The van der Waals surface area contributed by atoms with Gasteiger partial charge in [-0.2, -0.15) is 5.06 Å². The molecule has 0 aromatic heterocycles. The molecule has 1 fully saturated rings. The third-order valence-electron chi connectivity index (χ3n) is 5.22. The molecule has 2 rings (SSSR count). The van der Waals surface area contributed by atoms with Crippen LogP contribution in [0.2, 0.25) is 0 Å². The number of rotatable bonds is 4. The van der Waals surface area contributed by atoms with Crippen LogP contribution in [0.5, 0.6) is 0 Å². The van der Waals surface area contributed by atoms with E-state index >= 15 is 0 Å². The Labute approximate surface area is 145 Å². The molecular weight excluding hydrogens is 304 g/mol. The summed E-state index contributed by atoms with van der Waals surface area (Å²) in [5, 5.41) is 15.6. The van der Waals surface area contributed by atoms with Gasteiger partial charge in [-0.05, 0) is 46.6 Å². The number of hydrogen-bond acceptors (Lipinski definition) is 5. The minimum Gasteiger partial charge on any atom is -0.469 e. The van der Waals surface area contributed by atoms with E-state index < -0.39 is 17.0 Å². The van der Waals surface area contributed by atoms with Gasteiger partial charge in [-0.15, -0.1) is 0 Å². The Morgan fingerprint density at radius 2 is 1.88 bits per heavy atom. The molecule has 0 aliphatic carbocycles. The maximum absolute atomic E-state index is 12.5. The number of benzene rings is 1. The van der Waals surface area contributed by atoms with Crippen molar-refractivity contribution in [1.82, 2.24) is 10.4 Å². The van der Waals surface area contributed by atoms with Crippen LogP contribution in [-0.4, -0.2) is 40.5 Å². The number of carbonyl (C=O) groups is 1. The second kappa shape index (κ2) is 6.82. The number of esters is 1. The van der Waals surface area contributed by atoms with Crippen molar-refractivity contribution < 1.29 is 14.7 Å². The van der Waals surface area contributed by atoms with Crippen molar-refractivity contribution in [3.8, 4) is 0 Å². The van der Waals surface area contributed by atoms with Crippen molar-refractivity contribution in [2.24, 2.45) is 5.92 Å². The standard InChI is InChI=1S/C19H30N2O3/c1-13(14-10-8-7-9-11-14)20-15-12-18(2,3)21(23)19(4,5)16(15)17(22)24-6/h7-11,13,15-16,20,23H,12H2,1-6H3. The largest absolute Gasteiger partial charge is 0.469 e. The van der Waals surface area contributed by atoms with Crippen LogP contribution in [0.3, 0.4) is 0 Å². The highest BCUT2D eigenvalue weighted by molar-refractivity contribution is 5.75. The van der Waals surface area contributed by atoms with Crippen molar-refractivity contribution in [3.63, 3.8) is 0 Å². The van der Waals surface area contributed by atoms with E-state index in [0.29, 0.717) is 6.42 Å². The van der Waals surface area contributed by atoms with Crippen LogP contribution >= 0.6 is 0 Å². The summed E-state index contributed by atoms with van der Waals surface area (Å²) >= 11 is 0. The molecule has 0 amide bonds. The SMILES string of the molecule is COC(=O)C1C(NC(C)c2ccccc2)CC(C)(C)N(O)C1(C)C. The highest BCUT2D eigenvalue weighted by Crippen LogP contribution is 2.42. The van der Waals surface area contributed by atoms with Crippen molar-refractivity contribution in [2.45, 2.75) is 64.2 Å². The van der Waals surface area contributed by atoms with Gasteiger partial charge in [-0.25, -0.2) is 0 Å². The van der Waals surface area contributed by atoms with Crippen LogP contribution < -0.4 is 5.32 Å². The van der Waals surface area contributed by atoms with Gasteiger partial charge in [0.2, 0.25) is 0 Å². The van der Waals surface area contributed by atoms with Gasteiger partial charge in [-0.3, -0.25) is 4.79 Å². The van der Waals surface area contributed by atoms with Crippen LogP contribution in [0.1, 0.15) is 52.6 Å². The second-order valence-corrected chi connectivity index (χ2v) is 7.89. The fraction of sp³-hybridized carbons (Fsp3) is 0.632. The Morgan fingerprint density at radius 3 is 2.42 bits per heavy atom. The molecule has 0 spiro atoms. The molecule has 0 bridgehead atoms. The van der Waals surface area contributed by atoms with Gasteiger partial charge in [0.1, 0.15) is 0 Å². The molecular formula is C19H30N2O3. The molecule has 3 atom stereocenters. The van der Waals surface area contributed by atoms with E-state index in [1.807, 2.05) is 45.9 Å². The topological polar surface area (TPSA) is 61.8 Å². The smallest absolute Gasteiger partial charge is 0.312 e. The normalized spacial score (nSPS) is 27.5. The van der Waals surface area contributed by atoms with Crippen LogP contribution in [0, 0.1) is 5.92 Å². The molecule has 24 heavy (non-hydrogen) atoms. The second-order valence-electron chi connectivity index (χ2n) is 7.89. The molecule has 5 nitrogen and oxygen atoms in total. The lowest BCUT2D eigenvalue weighted by Gasteiger charge is -2.55. The number of methoxy groups -OCH3 is 1. The van der Waals surface area contributed by atoms with Gasteiger partial charge in [0.15, 0.2) is 0 Å². The minimum atomic E-state index is -0.733. The molecule has 5 heteroatoms. The van der Waals surface area contributed by atoms with Crippen molar-refractivity contribution in [3.05, 3.63) is 35.9 Å². The average molecular weight is 334 g/mol. The summed E-state index contributed by atoms with van der Waals surface area (Å²) in [6.07, 6.45) is 0.643. The zero-order valence-corrected chi connectivity index (χ0v) is 15.5. The number of nitrogens with zero attached hydrogens (tertiary/aromatic N) is 1. The first-order valence-corrected chi connectivity index (χ1v) is 8.49. The maximum Gasteiger partial charge on any atom is 0.312 e. The average Bonchev–Trinajstić information content (AvgIpc) is 2.53. The van der Waals surface area contributed by atoms with Crippen LogP contribution in [-0.2, 0) is 9.53 Å².